The molecular formula is C21H24F3NO2. The van der Waals surface area contributed by atoms with Crippen molar-refractivity contribution >= 4 is 0 Å². The fourth-order valence-corrected chi connectivity index (χ4v) is 3.90. The minimum absolute atomic E-state index is 0.0763. The molecule has 0 saturated carbocycles. The van der Waals surface area contributed by atoms with Crippen molar-refractivity contribution < 1.29 is 23.0 Å². The first-order valence-electron chi connectivity index (χ1n) is 9.04. The van der Waals surface area contributed by atoms with Crippen molar-refractivity contribution in [1.29, 1.82) is 0 Å². The van der Waals surface area contributed by atoms with Crippen molar-refractivity contribution in [3.8, 4) is 5.75 Å². The quantitative estimate of drug-likeness (QED) is 0.826. The number of aliphatic hydroxyl groups is 1. The molecule has 1 heterocycles. The lowest BCUT2D eigenvalue weighted by molar-refractivity contribution is 0.0282. The Balaban J connectivity index is 1.74. The molecule has 1 aliphatic rings. The van der Waals surface area contributed by atoms with Gasteiger partial charge >= 0.3 is 0 Å². The Labute approximate surface area is 157 Å². The van der Waals surface area contributed by atoms with E-state index in [4.69, 9.17) is 4.74 Å². The summed E-state index contributed by atoms with van der Waals surface area (Å²) in [5.74, 6) is -1.39. The van der Waals surface area contributed by atoms with Crippen molar-refractivity contribution in [2.24, 2.45) is 5.41 Å². The summed E-state index contributed by atoms with van der Waals surface area (Å²) < 4.78 is 45.9. The first-order chi connectivity index (χ1) is 12.9. The minimum atomic E-state index is -0.607. The van der Waals surface area contributed by atoms with E-state index in [1.165, 1.54) is 25.3 Å². The second kappa shape index (κ2) is 8.31. The molecule has 0 aromatic heterocycles. The van der Waals surface area contributed by atoms with Crippen molar-refractivity contribution in [3.05, 3.63) is 65.0 Å². The number of likely N-dealkylation sites (tertiary alicyclic amines) is 1. The van der Waals surface area contributed by atoms with Gasteiger partial charge in [-0.1, -0.05) is 12.1 Å². The molecular weight excluding hydrogens is 355 g/mol. The van der Waals surface area contributed by atoms with Crippen LogP contribution in [0, 0.1) is 22.9 Å². The van der Waals surface area contributed by atoms with Crippen LogP contribution in [0.5, 0.6) is 5.75 Å². The molecule has 1 N–H and O–H groups in total. The lowest BCUT2D eigenvalue weighted by Crippen LogP contribution is -2.46. The number of nitrogens with zero attached hydrogens (tertiary/aromatic N) is 1. The molecule has 0 spiro atoms. The summed E-state index contributed by atoms with van der Waals surface area (Å²) in [5.41, 5.74) is 0.840. The fraction of sp³-hybridized carbons (Fsp3) is 0.429. The number of benzene rings is 2. The SMILES string of the molecule is COc1cc(CN2CCC[C@@](CO)(Cc3ccc(F)cc3F)C2)ccc1F. The summed E-state index contributed by atoms with van der Waals surface area (Å²) in [5, 5.41) is 10.1. The molecule has 146 valence electrons. The van der Waals surface area contributed by atoms with Gasteiger partial charge in [-0.15, -0.1) is 0 Å². The lowest BCUT2D eigenvalue weighted by atomic mass is 9.75. The van der Waals surface area contributed by atoms with Crippen LogP contribution < -0.4 is 4.74 Å². The maximum absolute atomic E-state index is 14.1. The molecule has 6 heteroatoms. The third-order valence-electron chi connectivity index (χ3n) is 5.28. The normalized spacial score (nSPS) is 20.6. The average molecular weight is 379 g/mol. The van der Waals surface area contributed by atoms with Crippen LogP contribution in [0.1, 0.15) is 24.0 Å². The van der Waals surface area contributed by atoms with Gasteiger partial charge in [0.2, 0.25) is 0 Å². The van der Waals surface area contributed by atoms with E-state index in [-0.39, 0.29) is 12.4 Å². The minimum Gasteiger partial charge on any atom is -0.494 e. The predicted octanol–water partition coefficient (Wildman–Crippen LogP) is 3.93. The van der Waals surface area contributed by atoms with Crippen molar-refractivity contribution in [2.45, 2.75) is 25.8 Å². The molecule has 1 fully saturated rings. The first-order valence-corrected chi connectivity index (χ1v) is 9.04. The number of hydrogen-bond donors (Lipinski definition) is 1. The molecule has 2 aromatic rings. The van der Waals surface area contributed by atoms with Crippen LogP contribution in [0.2, 0.25) is 0 Å². The Bertz CT molecular complexity index is 799. The Morgan fingerprint density at radius 1 is 1.11 bits per heavy atom. The zero-order valence-corrected chi connectivity index (χ0v) is 15.4. The van der Waals surface area contributed by atoms with Crippen LogP contribution in [0.25, 0.3) is 0 Å². The van der Waals surface area contributed by atoms with Gasteiger partial charge in [0.05, 0.1) is 13.7 Å². The molecule has 0 bridgehead atoms. The van der Waals surface area contributed by atoms with Crippen LogP contribution in [-0.4, -0.2) is 36.8 Å². The monoisotopic (exact) mass is 379 g/mol. The van der Waals surface area contributed by atoms with Crippen molar-refractivity contribution in [3.63, 3.8) is 0 Å². The van der Waals surface area contributed by atoms with E-state index in [2.05, 4.69) is 4.90 Å². The van der Waals surface area contributed by atoms with Gasteiger partial charge in [-0.25, -0.2) is 13.2 Å². The number of hydrogen-bond acceptors (Lipinski definition) is 3. The number of rotatable bonds is 6. The molecule has 27 heavy (non-hydrogen) atoms. The zero-order valence-electron chi connectivity index (χ0n) is 15.4. The van der Waals surface area contributed by atoms with Crippen LogP contribution >= 0.6 is 0 Å². The number of aliphatic hydroxyl groups excluding tert-OH is 1. The summed E-state index contributed by atoms with van der Waals surface area (Å²) in [4.78, 5) is 2.17. The van der Waals surface area contributed by atoms with Gasteiger partial charge in [-0.05, 0) is 55.1 Å². The molecule has 1 atom stereocenters. The third-order valence-corrected chi connectivity index (χ3v) is 5.28. The van der Waals surface area contributed by atoms with Crippen LogP contribution in [-0.2, 0) is 13.0 Å². The smallest absolute Gasteiger partial charge is 0.165 e. The van der Waals surface area contributed by atoms with E-state index in [9.17, 15) is 18.3 Å². The summed E-state index contributed by atoms with van der Waals surface area (Å²) in [6.45, 7) is 1.94. The molecule has 2 aromatic carbocycles. The van der Waals surface area contributed by atoms with Gasteiger partial charge < -0.3 is 9.84 Å². The highest BCUT2D eigenvalue weighted by Gasteiger charge is 2.36. The van der Waals surface area contributed by atoms with E-state index < -0.39 is 22.9 Å². The maximum atomic E-state index is 14.1. The third kappa shape index (κ3) is 4.62. The standard InChI is InChI=1S/C21H24F3NO2/c1-27-20-9-15(3-6-18(20)23)12-25-8-2-7-21(13-25,14-26)11-16-4-5-17(22)10-19(16)24/h3-6,9-10,26H,2,7-8,11-14H2,1H3/t21-/m1/s1. The highest BCUT2D eigenvalue weighted by Crippen LogP contribution is 2.35. The summed E-state index contributed by atoms with van der Waals surface area (Å²) in [7, 11) is 1.43. The highest BCUT2D eigenvalue weighted by molar-refractivity contribution is 5.30. The van der Waals surface area contributed by atoms with Gasteiger partial charge in [0.25, 0.3) is 0 Å². The van der Waals surface area contributed by atoms with Crippen LogP contribution in [0.15, 0.2) is 36.4 Å². The molecule has 3 rings (SSSR count). The van der Waals surface area contributed by atoms with E-state index in [1.54, 1.807) is 12.1 Å². The first kappa shape index (κ1) is 19.7. The predicted molar refractivity (Wildman–Crippen MR) is 97.0 cm³/mol. The average Bonchev–Trinajstić information content (AvgIpc) is 2.66. The molecule has 1 saturated heterocycles. The van der Waals surface area contributed by atoms with Gasteiger partial charge in [0.15, 0.2) is 11.6 Å². The molecule has 0 radical (unpaired) electrons. The molecule has 3 nitrogen and oxygen atoms in total. The molecule has 0 aliphatic carbocycles. The topological polar surface area (TPSA) is 32.7 Å². The Hall–Kier alpha value is -2.05. The van der Waals surface area contributed by atoms with Crippen molar-refractivity contribution in [1.82, 2.24) is 4.90 Å². The molecule has 1 aliphatic heterocycles. The zero-order chi connectivity index (χ0) is 19.4. The number of methoxy groups -OCH3 is 1. The Kier molecular flexibility index (Phi) is 6.07. The van der Waals surface area contributed by atoms with Crippen molar-refractivity contribution in [2.75, 3.05) is 26.8 Å². The lowest BCUT2D eigenvalue weighted by Gasteiger charge is -2.42. The van der Waals surface area contributed by atoms with E-state index in [0.717, 1.165) is 31.0 Å². The molecule has 0 unspecified atom stereocenters. The second-order valence-corrected chi connectivity index (χ2v) is 7.35. The highest BCUT2D eigenvalue weighted by atomic mass is 19.1. The van der Waals surface area contributed by atoms with Gasteiger partial charge in [-0.2, -0.15) is 0 Å². The maximum Gasteiger partial charge on any atom is 0.165 e. The number of halogens is 3. The van der Waals surface area contributed by atoms with E-state index >= 15 is 0 Å². The Morgan fingerprint density at radius 2 is 1.93 bits per heavy atom. The van der Waals surface area contributed by atoms with E-state index in [0.29, 0.717) is 25.1 Å². The summed E-state index contributed by atoms with van der Waals surface area (Å²) >= 11 is 0. The van der Waals surface area contributed by atoms with Gasteiger partial charge in [0, 0.05) is 24.6 Å². The largest absolute Gasteiger partial charge is 0.494 e. The van der Waals surface area contributed by atoms with E-state index in [1.807, 2.05) is 0 Å². The second-order valence-electron chi connectivity index (χ2n) is 7.35. The number of piperidine rings is 1. The summed E-state index contributed by atoms with van der Waals surface area (Å²) in [6.07, 6.45) is 1.98. The van der Waals surface area contributed by atoms with Gasteiger partial charge in [0.1, 0.15) is 11.6 Å². The summed E-state index contributed by atoms with van der Waals surface area (Å²) in [6, 6.07) is 8.34. The van der Waals surface area contributed by atoms with Gasteiger partial charge in [-0.3, -0.25) is 4.90 Å². The Morgan fingerprint density at radius 3 is 2.63 bits per heavy atom. The number of ether oxygens (including phenoxy) is 1. The van der Waals surface area contributed by atoms with Crippen LogP contribution in [0.4, 0.5) is 13.2 Å². The molecule has 0 amide bonds. The van der Waals surface area contributed by atoms with Crippen LogP contribution in [0.3, 0.4) is 0 Å². The fourth-order valence-electron chi connectivity index (χ4n) is 3.90.